The number of nitrogens with one attached hydrogen (secondary N) is 1. The number of hydrogen-bond donors (Lipinski definition) is 1. The van der Waals surface area contributed by atoms with Crippen molar-refractivity contribution in [2.45, 2.75) is 32.1 Å². The standard InChI is InChI=1S/C29H30N4O3S2/c1-21-10-11-26(25(19-21)22-7-3-2-4-8-22)31-28(34)27-20-37-29(32-27)23-12-16-33(17-13-23)38(35,36)18-14-24-9-5-6-15-30-24/h2-11,15,19-20,23H,12-14,16-18H2,1H3,(H,31,34). The molecule has 196 valence electrons. The van der Waals surface area contributed by atoms with Crippen molar-refractivity contribution in [3.8, 4) is 11.1 Å². The van der Waals surface area contributed by atoms with Crippen molar-refractivity contribution < 1.29 is 13.2 Å². The van der Waals surface area contributed by atoms with E-state index in [0.717, 1.165) is 33.1 Å². The van der Waals surface area contributed by atoms with Gasteiger partial charge in [0.1, 0.15) is 5.69 Å². The number of piperidine rings is 1. The first-order valence-electron chi connectivity index (χ1n) is 12.7. The minimum absolute atomic E-state index is 0.0558. The number of amides is 1. The Kier molecular flexibility index (Phi) is 7.97. The third kappa shape index (κ3) is 6.18. The van der Waals surface area contributed by atoms with E-state index in [9.17, 15) is 13.2 Å². The number of aromatic nitrogens is 2. The Morgan fingerprint density at radius 1 is 1.05 bits per heavy atom. The van der Waals surface area contributed by atoms with Crippen molar-refractivity contribution in [3.63, 3.8) is 0 Å². The molecule has 0 saturated carbocycles. The largest absolute Gasteiger partial charge is 0.320 e. The van der Waals surface area contributed by atoms with Gasteiger partial charge in [0, 0.05) is 53.9 Å². The van der Waals surface area contributed by atoms with Gasteiger partial charge in [0.2, 0.25) is 10.0 Å². The average molecular weight is 547 g/mol. The average Bonchev–Trinajstić information content (AvgIpc) is 3.45. The summed E-state index contributed by atoms with van der Waals surface area (Å²) in [6.07, 6.45) is 3.46. The summed E-state index contributed by atoms with van der Waals surface area (Å²) in [5, 5.41) is 5.71. The van der Waals surface area contributed by atoms with Gasteiger partial charge in [-0.25, -0.2) is 17.7 Å². The molecule has 1 N–H and O–H groups in total. The van der Waals surface area contributed by atoms with Gasteiger partial charge in [-0.15, -0.1) is 11.3 Å². The van der Waals surface area contributed by atoms with Crippen molar-refractivity contribution in [2.75, 3.05) is 24.2 Å². The van der Waals surface area contributed by atoms with Gasteiger partial charge in [-0.2, -0.15) is 0 Å². The zero-order chi connectivity index (χ0) is 26.5. The Morgan fingerprint density at radius 3 is 2.55 bits per heavy atom. The van der Waals surface area contributed by atoms with Crippen LogP contribution in [-0.2, 0) is 16.4 Å². The Balaban J connectivity index is 1.20. The van der Waals surface area contributed by atoms with E-state index in [1.165, 1.54) is 11.3 Å². The van der Waals surface area contributed by atoms with E-state index in [0.29, 0.717) is 38.0 Å². The van der Waals surface area contributed by atoms with E-state index in [2.05, 4.69) is 21.4 Å². The zero-order valence-corrected chi connectivity index (χ0v) is 22.8. The number of benzene rings is 2. The fourth-order valence-electron chi connectivity index (χ4n) is 4.68. The van der Waals surface area contributed by atoms with Crippen molar-refractivity contribution in [2.24, 2.45) is 0 Å². The number of rotatable bonds is 8. The number of anilines is 1. The van der Waals surface area contributed by atoms with E-state index in [4.69, 9.17) is 0 Å². The SMILES string of the molecule is Cc1ccc(NC(=O)c2csc(C3CCN(S(=O)(=O)CCc4ccccn4)CC3)n2)c(-c2ccccc2)c1. The lowest BCUT2D eigenvalue weighted by Gasteiger charge is -2.30. The van der Waals surface area contributed by atoms with Crippen LogP contribution in [0.3, 0.4) is 0 Å². The molecule has 0 unspecified atom stereocenters. The van der Waals surface area contributed by atoms with E-state index >= 15 is 0 Å². The molecular weight excluding hydrogens is 516 g/mol. The molecule has 0 radical (unpaired) electrons. The van der Waals surface area contributed by atoms with Crippen LogP contribution in [0.4, 0.5) is 5.69 Å². The lowest BCUT2D eigenvalue weighted by Crippen LogP contribution is -2.39. The van der Waals surface area contributed by atoms with Gasteiger partial charge in [-0.05, 0) is 49.6 Å². The van der Waals surface area contributed by atoms with Crippen LogP contribution in [0.15, 0.2) is 78.3 Å². The molecule has 2 aromatic carbocycles. The highest BCUT2D eigenvalue weighted by molar-refractivity contribution is 7.89. The van der Waals surface area contributed by atoms with Crippen LogP contribution < -0.4 is 5.32 Å². The Bertz CT molecular complexity index is 1500. The molecule has 0 aliphatic carbocycles. The number of hydrogen-bond acceptors (Lipinski definition) is 6. The molecule has 1 aliphatic heterocycles. The molecule has 9 heteroatoms. The van der Waals surface area contributed by atoms with Gasteiger partial charge < -0.3 is 5.32 Å². The molecule has 0 bridgehead atoms. The number of carbonyl (C=O) groups is 1. The first kappa shape index (κ1) is 26.2. The minimum Gasteiger partial charge on any atom is -0.320 e. The van der Waals surface area contributed by atoms with Gasteiger partial charge >= 0.3 is 0 Å². The molecular formula is C29H30N4O3S2. The number of carbonyl (C=O) groups excluding carboxylic acids is 1. The lowest BCUT2D eigenvalue weighted by atomic mass is 9.99. The maximum absolute atomic E-state index is 13.1. The minimum atomic E-state index is -3.35. The smallest absolute Gasteiger partial charge is 0.275 e. The normalized spacial score (nSPS) is 14.9. The molecule has 3 heterocycles. The summed E-state index contributed by atoms with van der Waals surface area (Å²) < 4.78 is 27.3. The summed E-state index contributed by atoms with van der Waals surface area (Å²) in [7, 11) is -3.35. The van der Waals surface area contributed by atoms with E-state index in [1.807, 2.05) is 67.6 Å². The van der Waals surface area contributed by atoms with Crippen molar-refractivity contribution >= 4 is 33.0 Å². The van der Waals surface area contributed by atoms with Crippen LogP contribution in [0.25, 0.3) is 11.1 Å². The molecule has 5 rings (SSSR count). The summed E-state index contributed by atoms with van der Waals surface area (Å²) in [5.74, 6) is -0.0497. The van der Waals surface area contributed by atoms with Gasteiger partial charge in [-0.1, -0.05) is 48.0 Å². The van der Waals surface area contributed by atoms with E-state index < -0.39 is 10.0 Å². The fraction of sp³-hybridized carbons (Fsp3) is 0.276. The fourth-order valence-corrected chi connectivity index (χ4v) is 7.14. The number of aryl methyl sites for hydroxylation is 2. The second-order valence-corrected chi connectivity index (χ2v) is 12.5. The molecule has 4 aromatic rings. The first-order chi connectivity index (χ1) is 18.4. The number of pyridine rings is 1. The molecule has 2 aromatic heterocycles. The highest BCUT2D eigenvalue weighted by Gasteiger charge is 2.30. The summed E-state index contributed by atoms with van der Waals surface area (Å²) >= 11 is 1.47. The van der Waals surface area contributed by atoms with Crippen LogP contribution >= 0.6 is 11.3 Å². The van der Waals surface area contributed by atoms with Gasteiger partial charge in [-0.3, -0.25) is 9.78 Å². The molecule has 1 aliphatic rings. The lowest BCUT2D eigenvalue weighted by molar-refractivity contribution is 0.102. The summed E-state index contributed by atoms with van der Waals surface area (Å²) in [4.78, 5) is 22.0. The second-order valence-electron chi connectivity index (χ2n) is 9.50. The van der Waals surface area contributed by atoms with Crippen molar-refractivity contribution in [3.05, 3.63) is 100 Å². The monoisotopic (exact) mass is 546 g/mol. The predicted octanol–water partition coefficient (Wildman–Crippen LogP) is 5.52. The molecule has 1 saturated heterocycles. The molecule has 38 heavy (non-hydrogen) atoms. The molecule has 0 spiro atoms. The molecule has 0 atom stereocenters. The summed E-state index contributed by atoms with van der Waals surface area (Å²) in [5.41, 5.74) is 5.02. The quantitative estimate of drug-likeness (QED) is 0.314. The van der Waals surface area contributed by atoms with Crippen molar-refractivity contribution in [1.29, 1.82) is 0 Å². The van der Waals surface area contributed by atoms with Gasteiger partial charge in [0.25, 0.3) is 5.91 Å². The summed E-state index contributed by atoms with van der Waals surface area (Å²) in [6.45, 7) is 2.95. The van der Waals surface area contributed by atoms with E-state index in [-0.39, 0.29) is 17.6 Å². The molecule has 1 fully saturated rings. The highest BCUT2D eigenvalue weighted by Crippen LogP contribution is 2.33. The third-order valence-corrected chi connectivity index (χ3v) is 9.68. The van der Waals surface area contributed by atoms with Crippen LogP contribution in [0.5, 0.6) is 0 Å². The molecule has 7 nitrogen and oxygen atoms in total. The van der Waals surface area contributed by atoms with E-state index in [1.54, 1.807) is 15.9 Å². The maximum Gasteiger partial charge on any atom is 0.275 e. The second kappa shape index (κ2) is 11.6. The Morgan fingerprint density at radius 2 is 1.82 bits per heavy atom. The summed E-state index contributed by atoms with van der Waals surface area (Å²) in [6, 6.07) is 21.5. The first-order valence-corrected chi connectivity index (χ1v) is 15.2. The number of thiazole rings is 1. The topological polar surface area (TPSA) is 92.3 Å². The van der Waals surface area contributed by atoms with Gasteiger partial charge in [0.15, 0.2) is 0 Å². The van der Waals surface area contributed by atoms with Crippen LogP contribution in [-0.4, -0.2) is 47.4 Å². The van der Waals surface area contributed by atoms with Crippen LogP contribution in [0, 0.1) is 6.92 Å². The third-order valence-electron chi connectivity index (χ3n) is 6.80. The Hall–Kier alpha value is -3.40. The maximum atomic E-state index is 13.1. The number of sulfonamides is 1. The van der Waals surface area contributed by atoms with Crippen molar-refractivity contribution in [1.82, 2.24) is 14.3 Å². The Labute approximate surface area is 227 Å². The zero-order valence-electron chi connectivity index (χ0n) is 21.2. The van der Waals surface area contributed by atoms with Crippen LogP contribution in [0.2, 0.25) is 0 Å². The highest BCUT2D eigenvalue weighted by atomic mass is 32.2. The van der Waals surface area contributed by atoms with Crippen LogP contribution in [0.1, 0.15) is 45.5 Å². The molecule has 1 amide bonds. The number of nitrogens with zero attached hydrogens (tertiary/aromatic N) is 3. The predicted molar refractivity (Wildman–Crippen MR) is 152 cm³/mol. The van der Waals surface area contributed by atoms with Gasteiger partial charge in [0.05, 0.1) is 10.8 Å².